The second-order valence-corrected chi connectivity index (χ2v) is 4.43. The van der Waals surface area contributed by atoms with E-state index in [0.717, 1.165) is 0 Å². The average molecular weight is 230 g/mol. The van der Waals surface area contributed by atoms with Gasteiger partial charge in [0.25, 0.3) is 0 Å². The Morgan fingerprint density at radius 1 is 1.53 bits per heavy atom. The molecular weight excluding hydrogens is 218 g/mol. The van der Waals surface area contributed by atoms with Gasteiger partial charge in [0.2, 0.25) is 0 Å². The van der Waals surface area contributed by atoms with Crippen molar-refractivity contribution >= 4 is 23.5 Å². The zero-order valence-electron chi connectivity index (χ0n) is 8.71. The van der Waals surface area contributed by atoms with Crippen molar-refractivity contribution < 1.29 is 9.90 Å². The molecule has 6 heteroatoms. The molecule has 0 aliphatic carbocycles. The lowest BCUT2D eigenvalue weighted by atomic mass is 9.93. The van der Waals surface area contributed by atoms with Crippen molar-refractivity contribution in [3.63, 3.8) is 0 Å². The van der Waals surface area contributed by atoms with Gasteiger partial charge in [-0.15, -0.1) is 0 Å². The zero-order chi connectivity index (χ0) is 11.6. The van der Waals surface area contributed by atoms with Crippen LogP contribution in [0.1, 0.15) is 26.5 Å². The van der Waals surface area contributed by atoms with Crippen LogP contribution in [0.15, 0.2) is 6.20 Å². The molecule has 1 aromatic heterocycles. The van der Waals surface area contributed by atoms with Gasteiger partial charge in [-0.05, 0) is 0 Å². The van der Waals surface area contributed by atoms with Gasteiger partial charge in [0.15, 0.2) is 11.0 Å². The Hall–Kier alpha value is -1.36. The Morgan fingerprint density at radius 3 is 2.53 bits per heavy atom. The summed E-state index contributed by atoms with van der Waals surface area (Å²) >= 11 is 5.78. The van der Waals surface area contributed by atoms with E-state index in [1.165, 1.54) is 6.20 Å². The third-order valence-electron chi connectivity index (χ3n) is 1.72. The first-order chi connectivity index (χ1) is 6.80. The maximum Gasteiger partial charge on any atom is 0.410 e. The van der Waals surface area contributed by atoms with Crippen molar-refractivity contribution in [1.82, 2.24) is 9.97 Å². The van der Waals surface area contributed by atoms with Crippen LogP contribution in [0.4, 0.5) is 10.6 Å². The fourth-order valence-electron chi connectivity index (χ4n) is 0.913. The molecule has 1 aromatic rings. The smallest absolute Gasteiger partial charge is 0.410 e. The van der Waals surface area contributed by atoms with Crippen molar-refractivity contribution in [2.75, 3.05) is 5.32 Å². The van der Waals surface area contributed by atoms with Gasteiger partial charge in [-0.3, -0.25) is 5.32 Å². The molecule has 1 amide bonds. The van der Waals surface area contributed by atoms with E-state index in [4.69, 9.17) is 16.7 Å². The molecule has 0 aliphatic heterocycles. The average Bonchev–Trinajstić information content (AvgIpc) is 2.05. The molecule has 0 aromatic carbocycles. The molecule has 1 heterocycles. The highest BCUT2D eigenvalue weighted by Crippen LogP contribution is 2.23. The van der Waals surface area contributed by atoms with Crippen LogP contribution in [0.3, 0.4) is 0 Å². The molecule has 0 bridgehead atoms. The third-order valence-corrected chi connectivity index (χ3v) is 1.99. The molecule has 0 atom stereocenters. The zero-order valence-corrected chi connectivity index (χ0v) is 9.46. The summed E-state index contributed by atoms with van der Waals surface area (Å²) < 4.78 is 0. The molecule has 0 spiro atoms. The maximum atomic E-state index is 10.4. The summed E-state index contributed by atoms with van der Waals surface area (Å²) in [7, 11) is 0. The standard InChI is InChI=1S/C9H12ClN3O2/c1-9(2,3)5-4-11-7(6(10)12-5)13-8(14)15/h4H,1-3H3,(H,11,13)(H,14,15). The lowest BCUT2D eigenvalue weighted by Gasteiger charge is -2.17. The van der Waals surface area contributed by atoms with E-state index >= 15 is 0 Å². The number of carboxylic acid groups (broad SMARTS) is 1. The van der Waals surface area contributed by atoms with Crippen LogP contribution in [-0.2, 0) is 5.41 Å². The quantitative estimate of drug-likeness (QED) is 0.776. The molecule has 2 N–H and O–H groups in total. The number of amides is 1. The second kappa shape index (κ2) is 4.02. The first kappa shape index (κ1) is 11.7. The first-order valence-corrected chi connectivity index (χ1v) is 4.71. The number of hydrogen-bond donors (Lipinski definition) is 2. The van der Waals surface area contributed by atoms with Crippen LogP contribution < -0.4 is 5.32 Å². The van der Waals surface area contributed by atoms with Crippen LogP contribution >= 0.6 is 11.6 Å². The Morgan fingerprint density at radius 2 is 2.13 bits per heavy atom. The molecule has 0 saturated carbocycles. The SMILES string of the molecule is CC(C)(C)c1cnc(NC(=O)O)c(Cl)n1. The largest absolute Gasteiger partial charge is 0.465 e. The molecule has 0 radical (unpaired) electrons. The molecule has 82 valence electrons. The van der Waals surface area contributed by atoms with E-state index in [2.05, 4.69) is 15.3 Å². The van der Waals surface area contributed by atoms with Gasteiger partial charge >= 0.3 is 6.09 Å². The van der Waals surface area contributed by atoms with Gasteiger partial charge < -0.3 is 5.11 Å². The monoisotopic (exact) mass is 229 g/mol. The third kappa shape index (κ3) is 3.06. The summed E-state index contributed by atoms with van der Waals surface area (Å²) in [6.45, 7) is 5.91. The normalized spacial score (nSPS) is 11.2. The number of carbonyl (C=O) groups is 1. The predicted molar refractivity (Wildman–Crippen MR) is 57.4 cm³/mol. The molecule has 5 nitrogen and oxygen atoms in total. The van der Waals surface area contributed by atoms with E-state index in [9.17, 15) is 4.79 Å². The number of rotatable bonds is 1. The summed E-state index contributed by atoms with van der Waals surface area (Å²) in [4.78, 5) is 18.3. The Bertz CT molecular complexity index is 387. The molecule has 1 rings (SSSR count). The number of halogens is 1. The van der Waals surface area contributed by atoms with Gasteiger partial charge in [-0.1, -0.05) is 32.4 Å². The van der Waals surface area contributed by atoms with Gasteiger partial charge in [0.1, 0.15) is 0 Å². The Kier molecular flexibility index (Phi) is 3.14. The topological polar surface area (TPSA) is 75.1 Å². The van der Waals surface area contributed by atoms with Gasteiger partial charge in [0.05, 0.1) is 11.9 Å². The Balaban J connectivity index is 3.03. The summed E-state index contributed by atoms with van der Waals surface area (Å²) in [6, 6.07) is 0. The van der Waals surface area contributed by atoms with Crippen LogP contribution in [0.5, 0.6) is 0 Å². The highest BCUT2D eigenvalue weighted by atomic mass is 35.5. The Labute approximate surface area is 92.5 Å². The van der Waals surface area contributed by atoms with Crippen molar-refractivity contribution in [3.05, 3.63) is 17.0 Å². The number of hydrogen-bond acceptors (Lipinski definition) is 3. The van der Waals surface area contributed by atoms with Crippen molar-refractivity contribution in [2.24, 2.45) is 0 Å². The molecule has 0 aliphatic rings. The van der Waals surface area contributed by atoms with Crippen LogP contribution in [0.25, 0.3) is 0 Å². The first-order valence-electron chi connectivity index (χ1n) is 4.33. The van der Waals surface area contributed by atoms with Gasteiger partial charge in [-0.2, -0.15) is 0 Å². The minimum Gasteiger partial charge on any atom is -0.465 e. The lowest BCUT2D eigenvalue weighted by Crippen LogP contribution is -2.16. The molecular formula is C9H12ClN3O2. The fraction of sp³-hybridized carbons (Fsp3) is 0.444. The number of aromatic nitrogens is 2. The number of nitrogens with zero attached hydrogens (tertiary/aromatic N) is 2. The van der Waals surface area contributed by atoms with E-state index in [1.807, 2.05) is 20.8 Å². The van der Waals surface area contributed by atoms with Gasteiger partial charge in [-0.25, -0.2) is 14.8 Å². The minimum atomic E-state index is -1.21. The predicted octanol–water partition coefficient (Wildman–Crippen LogP) is 2.52. The van der Waals surface area contributed by atoms with Gasteiger partial charge in [0, 0.05) is 5.41 Å². The van der Waals surface area contributed by atoms with E-state index in [1.54, 1.807) is 0 Å². The number of anilines is 1. The second-order valence-electron chi connectivity index (χ2n) is 4.07. The summed E-state index contributed by atoms with van der Waals surface area (Å²) in [6.07, 6.45) is 0.298. The molecule has 0 saturated heterocycles. The van der Waals surface area contributed by atoms with Crippen LogP contribution in [0.2, 0.25) is 5.15 Å². The summed E-state index contributed by atoms with van der Waals surface area (Å²) in [5.41, 5.74) is 0.543. The van der Waals surface area contributed by atoms with Crippen molar-refractivity contribution in [1.29, 1.82) is 0 Å². The molecule has 15 heavy (non-hydrogen) atoms. The summed E-state index contributed by atoms with van der Waals surface area (Å²) in [5.74, 6) is 0.0529. The summed E-state index contributed by atoms with van der Waals surface area (Å²) in [5, 5.41) is 10.6. The van der Waals surface area contributed by atoms with Crippen molar-refractivity contribution in [3.8, 4) is 0 Å². The number of nitrogens with one attached hydrogen (secondary N) is 1. The van der Waals surface area contributed by atoms with Crippen LogP contribution in [-0.4, -0.2) is 21.2 Å². The highest BCUT2D eigenvalue weighted by Gasteiger charge is 2.18. The lowest BCUT2D eigenvalue weighted by molar-refractivity contribution is 0.209. The highest BCUT2D eigenvalue weighted by molar-refractivity contribution is 6.32. The minimum absolute atomic E-state index is 0.0529. The van der Waals surface area contributed by atoms with E-state index in [-0.39, 0.29) is 16.4 Å². The van der Waals surface area contributed by atoms with E-state index < -0.39 is 6.09 Å². The fourth-order valence-corrected chi connectivity index (χ4v) is 1.10. The van der Waals surface area contributed by atoms with Crippen molar-refractivity contribution in [2.45, 2.75) is 26.2 Å². The maximum absolute atomic E-state index is 10.4. The molecule has 0 fully saturated rings. The van der Waals surface area contributed by atoms with Crippen LogP contribution in [0, 0.1) is 0 Å². The molecule has 0 unspecified atom stereocenters. The van der Waals surface area contributed by atoms with E-state index in [0.29, 0.717) is 5.69 Å².